The summed E-state index contributed by atoms with van der Waals surface area (Å²) in [6, 6.07) is 7.94. The number of carbonyl (C=O) groups is 1. The predicted octanol–water partition coefficient (Wildman–Crippen LogP) is 2.31. The van der Waals surface area contributed by atoms with Crippen LogP contribution in [0.3, 0.4) is 0 Å². The van der Waals surface area contributed by atoms with Crippen LogP contribution in [0.2, 0.25) is 0 Å². The number of nitrogens with zero attached hydrogens (tertiary/aromatic N) is 1. The van der Waals surface area contributed by atoms with Crippen LogP contribution in [0.5, 0.6) is 0 Å². The van der Waals surface area contributed by atoms with Crippen LogP contribution >= 0.6 is 15.9 Å². The topological polar surface area (TPSA) is 41.5 Å². The number of rotatable bonds is 1. The van der Waals surface area contributed by atoms with Crippen LogP contribution in [0.25, 0.3) is 0 Å². The molecule has 1 amide bonds. The number of halogens is 1. The van der Waals surface area contributed by atoms with Crippen molar-refractivity contribution in [1.82, 2.24) is 5.43 Å². The molecule has 3 nitrogen and oxygen atoms in total. The number of nitrogens with one attached hydrogen (secondary N) is 1. The first-order chi connectivity index (χ1) is 7.16. The van der Waals surface area contributed by atoms with Crippen molar-refractivity contribution in [2.45, 2.75) is 13.3 Å². The number of benzene rings is 1. The molecule has 0 unspecified atom stereocenters. The minimum Gasteiger partial charge on any atom is -0.273 e. The normalized spacial score (nSPS) is 20.8. The van der Waals surface area contributed by atoms with Crippen molar-refractivity contribution in [1.29, 1.82) is 0 Å². The Labute approximate surface area is 96.7 Å². The second-order valence-electron chi connectivity index (χ2n) is 3.64. The molecule has 4 heteroatoms. The molecule has 0 saturated heterocycles. The molecular formula is C11H11BrN2O. The summed E-state index contributed by atoms with van der Waals surface area (Å²) in [4.78, 5) is 11.1. The summed E-state index contributed by atoms with van der Waals surface area (Å²) in [5.74, 6) is 0.170. The van der Waals surface area contributed by atoms with E-state index in [0.29, 0.717) is 6.42 Å². The highest BCUT2D eigenvalue weighted by Crippen LogP contribution is 2.18. The van der Waals surface area contributed by atoms with Gasteiger partial charge in [0, 0.05) is 16.8 Å². The van der Waals surface area contributed by atoms with Gasteiger partial charge in [0.25, 0.3) is 0 Å². The van der Waals surface area contributed by atoms with Crippen LogP contribution < -0.4 is 5.43 Å². The quantitative estimate of drug-likeness (QED) is 0.833. The van der Waals surface area contributed by atoms with E-state index in [0.717, 1.165) is 15.7 Å². The average molecular weight is 267 g/mol. The Kier molecular flexibility index (Phi) is 2.86. The highest BCUT2D eigenvalue weighted by Gasteiger charge is 2.21. The summed E-state index contributed by atoms with van der Waals surface area (Å²) in [6.45, 7) is 2.01. The lowest BCUT2D eigenvalue weighted by Crippen LogP contribution is -2.31. The monoisotopic (exact) mass is 266 g/mol. The lowest BCUT2D eigenvalue weighted by atomic mass is 9.94. The minimum absolute atomic E-state index is 0.0108. The molecule has 0 spiro atoms. The first kappa shape index (κ1) is 10.4. The summed E-state index contributed by atoms with van der Waals surface area (Å²) < 4.78 is 1.04. The van der Waals surface area contributed by atoms with Gasteiger partial charge in [-0.1, -0.05) is 35.0 Å². The van der Waals surface area contributed by atoms with Gasteiger partial charge in [0.1, 0.15) is 0 Å². The Morgan fingerprint density at radius 1 is 1.40 bits per heavy atom. The zero-order valence-electron chi connectivity index (χ0n) is 8.33. The van der Waals surface area contributed by atoms with Gasteiger partial charge < -0.3 is 0 Å². The Hall–Kier alpha value is -1.16. The fourth-order valence-corrected chi connectivity index (χ4v) is 1.89. The Morgan fingerprint density at radius 3 is 2.67 bits per heavy atom. The van der Waals surface area contributed by atoms with Crippen LogP contribution in [-0.2, 0) is 4.79 Å². The summed E-state index contributed by atoms with van der Waals surface area (Å²) in [6.07, 6.45) is 0.509. The van der Waals surface area contributed by atoms with Gasteiger partial charge in [0.2, 0.25) is 5.91 Å². The van der Waals surface area contributed by atoms with E-state index in [1.165, 1.54) is 0 Å². The SMILES string of the molecule is C[C@@H]1CC(=O)NN=C1c1ccc(Br)cc1. The zero-order chi connectivity index (χ0) is 10.8. The van der Waals surface area contributed by atoms with Gasteiger partial charge in [-0.3, -0.25) is 4.79 Å². The van der Waals surface area contributed by atoms with Crippen molar-refractivity contribution in [2.75, 3.05) is 0 Å². The van der Waals surface area contributed by atoms with Crippen LogP contribution in [-0.4, -0.2) is 11.6 Å². The van der Waals surface area contributed by atoms with Crippen molar-refractivity contribution in [2.24, 2.45) is 11.0 Å². The van der Waals surface area contributed by atoms with E-state index in [9.17, 15) is 4.79 Å². The Balaban J connectivity index is 2.31. The maximum Gasteiger partial charge on any atom is 0.240 e. The van der Waals surface area contributed by atoms with E-state index < -0.39 is 0 Å². The molecule has 1 aromatic rings. The highest BCUT2D eigenvalue weighted by molar-refractivity contribution is 9.10. The van der Waals surface area contributed by atoms with Gasteiger partial charge in [0.05, 0.1) is 5.71 Å². The molecule has 1 aliphatic heterocycles. The Bertz CT molecular complexity index is 411. The van der Waals surface area contributed by atoms with Crippen LogP contribution in [0, 0.1) is 5.92 Å². The highest BCUT2D eigenvalue weighted by atomic mass is 79.9. The molecular weight excluding hydrogens is 256 g/mol. The van der Waals surface area contributed by atoms with E-state index in [2.05, 4.69) is 26.5 Å². The van der Waals surface area contributed by atoms with Gasteiger partial charge in [-0.15, -0.1) is 0 Å². The van der Waals surface area contributed by atoms with Crippen molar-refractivity contribution in [3.05, 3.63) is 34.3 Å². The van der Waals surface area contributed by atoms with Crippen LogP contribution in [0.15, 0.2) is 33.8 Å². The lowest BCUT2D eigenvalue weighted by molar-refractivity contribution is -0.121. The smallest absolute Gasteiger partial charge is 0.240 e. The third-order valence-electron chi connectivity index (χ3n) is 2.40. The molecule has 0 saturated carbocycles. The third kappa shape index (κ3) is 2.26. The molecule has 15 heavy (non-hydrogen) atoms. The molecule has 1 heterocycles. The number of hydrazone groups is 1. The molecule has 78 valence electrons. The average Bonchev–Trinajstić information content (AvgIpc) is 2.20. The van der Waals surface area contributed by atoms with Crippen LogP contribution in [0.1, 0.15) is 18.9 Å². The largest absolute Gasteiger partial charge is 0.273 e. The van der Waals surface area contributed by atoms with Crippen molar-refractivity contribution in [3.63, 3.8) is 0 Å². The lowest BCUT2D eigenvalue weighted by Gasteiger charge is -2.18. The third-order valence-corrected chi connectivity index (χ3v) is 2.93. The summed E-state index contributed by atoms with van der Waals surface area (Å²) in [5.41, 5.74) is 4.52. The number of hydrogen-bond donors (Lipinski definition) is 1. The van der Waals surface area contributed by atoms with Crippen molar-refractivity contribution < 1.29 is 4.79 Å². The first-order valence-corrected chi connectivity index (χ1v) is 5.58. The predicted molar refractivity (Wildman–Crippen MR) is 62.6 cm³/mol. The van der Waals surface area contributed by atoms with Crippen molar-refractivity contribution in [3.8, 4) is 0 Å². The minimum atomic E-state index is -0.0108. The van der Waals surface area contributed by atoms with Gasteiger partial charge >= 0.3 is 0 Å². The molecule has 0 radical (unpaired) electrons. The molecule has 0 bridgehead atoms. The summed E-state index contributed by atoms with van der Waals surface area (Å²) >= 11 is 3.38. The van der Waals surface area contributed by atoms with E-state index in [4.69, 9.17) is 0 Å². The Morgan fingerprint density at radius 2 is 2.07 bits per heavy atom. The van der Waals surface area contributed by atoms with Gasteiger partial charge in [-0.2, -0.15) is 5.10 Å². The summed E-state index contributed by atoms with van der Waals surface area (Å²) in [5, 5.41) is 4.09. The fraction of sp³-hybridized carbons (Fsp3) is 0.273. The molecule has 1 atom stereocenters. The maximum atomic E-state index is 11.1. The molecule has 0 aromatic heterocycles. The van der Waals surface area contributed by atoms with E-state index in [1.807, 2.05) is 31.2 Å². The molecule has 2 rings (SSSR count). The van der Waals surface area contributed by atoms with Crippen molar-refractivity contribution >= 4 is 27.5 Å². The molecule has 1 N–H and O–H groups in total. The van der Waals surface area contributed by atoms with Gasteiger partial charge in [-0.25, -0.2) is 5.43 Å². The summed E-state index contributed by atoms with van der Waals surface area (Å²) in [7, 11) is 0. The van der Waals surface area contributed by atoms with E-state index >= 15 is 0 Å². The van der Waals surface area contributed by atoms with E-state index in [1.54, 1.807) is 0 Å². The van der Waals surface area contributed by atoms with Crippen LogP contribution in [0.4, 0.5) is 0 Å². The number of hydrogen-bond acceptors (Lipinski definition) is 2. The molecule has 0 fully saturated rings. The molecule has 0 aliphatic carbocycles. The van der Waals surface area contributed by atoms with Gasteiger partial charge in [0.15, 0.2) is 0 Å². The van der Waals surface area contributed by atoms with E-state index in [-0.39, 0.29) is 11.8 Å². The number of amides is 1. The van der Waals surface area contributed by atoms with Gasteiger partial charge in [-0.05, 0) is 17.7 Å². The standard InChI is InChI=1S/C11H11BrN2O/c1-7-6-10(15)13-14-11(7)8-2-4-9(12)5-3-8/h2-5,7H,6H2,1H3,(H,13,15)/t7-/m1/s1. The number of carbonyl (C=O) groups excluding carboxylic acids is 1. The zero-order valence-corrected chi connectivity index (χ0v) is 9.91. The fourth-order valence-electron chi connectivity index (χ4n) is 1.62. The maximum absolute atomic E-state index is 11.1. The second-order valence-corrected chi connectivity index (χ2v) is 4.56. The molecule has 1 aliphatic rings. The molecule has 1 aromatic carbocycles. The second kappa shape index (κ2) is 4.14. The first-order valence-electron chi connectivity index (χ1n) is 4.79.